The third-order valence-corrected chi connectivity index (χ3v) is 5.92. The summed E-state index contributed by atoms with van der Waals surface area (Å²) in [5.74, 6) is 2.84. The smallest absolute Gasteiger partial charge is 0.130 e. The van der Waals surface area contributed by atoms with Crippen LogP contribution in [-0.4, -0.2) is 21.9 Å². The fourth-order valence-corrected chi connectivity index (χ4v) is 4.93. The van der Waals surface area contributed by atoms with Gasteiger partial charge in [-0.3, -0.25) is 0 Å². The summed E-state index contributed by atoms with van der Waals surface area (Å²) in [6.07, 6.45) is 2.04. The summed E-state index contributed by atoms with van der Waals surface area (Å²) in [5, 5.41) is 0. The maximum atomic E-state index is 11.1. The van der Waals surface area contributed by atoms with Crippen molar-refractivity contribution in [3.8, 4) is 0 Å². The molecule has 0 aromatic rings. The number of Topliss-reactive ketones (excluding diaryl/α,β-unsaturated/α-hetero) is 1. The molecule has 76 valence electrons. The zero-order valence-corrected chi connectivity index (χ0v) is 10.3. The summed E-state index contributed by atoms with van der Waals surface area (Å²) in [6.45, 7) is 6.12. The molecule has 13 heavy (non-hydrogen) atoms. The van der Waals surface area contributed by atoms with Crippen molar-refractivity contribution in [3.05, 3.63) is 0 Å². The van der Waals surface area contributed by atoms with E-state index in [0.29, 0.717) is 10.4 Å². The Hall–Kier alpha value is 0.370. The van der Waals surface area contributed by atoms with Gasteiger partial charge in [0, 0.05) is 6.42 Å². The van der Waals surface area contributed by atoms with Gasteiger partial charge in [-0.15, -0.1) is 23.5 Å². The third-order valence-electron chi connectivity index (χ3n) is 2.17. The van der Waals surface area contributed by atoms with E-state index in [1.807, 2.05) is 23.5 Å². The highest BCUT2D eigenvalue weighted by Gasteiger charge is 2.32. The largest absolute Gasteiger partial charge is 0.300 e. The average molecular weight is 218 g/mol. The van der Waals surface area contributed by atoms with E-state index in [-0.39, 0.29) is 5.41 Å². The van der Waals surface area contributed by atoms with Crippen LogP contribution in [-0.2, 0) is 4.79 Å². The summed E-state index contributed by atoms with van der Waals surface area (Å²) < 4.78 is 0.616. The number of carbonyl (C=O) groups excluding carboxylic acids is 1. The monoisotopic (exact) mass is 218 g/mol. The Morgan fingerprint density at radius 2 is 1.92 bits per heavy atom. The van der Waals surface area contributed by atoms with Crippen LogP contribution >= 0.6 is 23.5 Å². The molecule has 1 nitrogen and oxygen atoms in total. The Kier molecular flexibility index (Phi) is 4.17. The molecule has 0 aromatic carbocycles. The van der Waals surface area contributed by atoms with Gasteiger partial charge in [0.05, 0.1) is 4.58 Å². The summed E-state index contributed by atoms with van der Waals surface area (Å²) >= 11 is 4.05. The topological polar surface area (TPSA) is 17.1 Å². The second-order valence-corrected chi connectivity index (χ2v) is 7.02. The van der Waals surface area contributed by atoms with Crippen LogP contribution in [0.15, 0.2) is 0 Å². The number of hydrogen-bond acceptors (Lipinski definition) is 3. The molecule has 1 rings (SSSR count). The molecule has 0 bridgehead atoms. The highest BCUT2D eigenvalue weighted by atomic mass is 32.2. The minimum Gasteiger partial charge on any atom is -0.300 e. The van der Waals surface area contributed by atoms with E-state index in [1.165, 1.54) is 17.9 Å². The zero-order valence-electron chi connectivity index (χ0n) is 8.63. The van der Waals surface area contributed by atoms with Gasteiger partial charge in [0.25, 0.3) is 0 Å². The van der Waals surface area contributed by atoms with Gasteiger partial charge in [-0.25, -0.2) is 0 Å². The predicted molar refractivity (Wildman–Crippen MR) is 62.4 cm³/mol. The molecule has 1 aliphatic heterocycles. The molecular weight excluding hydrogens is 200 g/mol. The molecule has 1 fully saturated rings. The highest BCUT2D eigenvalue weighted by molar-refractivity contribution is 8.17. The van der Waals surface area contributed by atoms with Crippen LogP contribution in [0.1, 0.15) is 33.6 Å². The van der Waals surface area contributed by atoms with Crippen LogP contribution in [0.25, 0.3) is 0 Å². The van der Waals surface area contributed by atoms with Crippen LogP contribution < -0.4 is 0 Å². The fraction of sp³-hybridized carbons (Fsp3) is 0.900. The van der Waals surface area contributed by atoms with Crippen LogP contribution in [0.5, 0.6) is 0 Å². The highest BCUT2D eigenvalue weighted by Crippen LogP contribution is 2.44. The maximum absolute atomic E-state index is 11.1. The normalized spacial score (nSPS) is 20.2. The molecular formula is C10H18OS2. The standard InChI is InChI=1S/C10H18OS2/c1-8(11)7-10(2,3)9-12-5-4-6-13-9/h9H,4-7H2,1-3H3. The third kappa shape index (κ3) is 3.55. The van der Waals surface area contributed by atoms with E-state index < -0.39 is 0 Å². The van der Waals surface area contributed by atoms with E-state index in [9.17, 15) is 4.79 Å². The lowest BCUT2D eigenvalue weighted by Crippen LogP contribution is -2.28. The Bertz CT molecular complexity index is 183. The molecule has 0 aliphatic carbocycles. The number of carbonyl (C=O) groups is 1. The minimum atomic E-state index is 0.168. The van der Waals surface area contributed by atoms with Crippen LogP contribution in [0, 0.1) is 5.41 Å². The van der Waals surface area contributed by atoms with Crippen LogP contribution in [0.2, 0.25) is 0 Å². The molecule has 3 heteroatoms. The second-order valence-electron chi connectivity index (χ2n) is 4.29. The minimum absolute atomic E-state index is 0.168. The van der Waals surface area contributed by atoms with Gasteiger partial charge in [0.2, 0.25) is 0 Å². The molecule has 1 heterocycles. The molecule has 0 aromatic heterocycles. The first kappa shape index (κ1) is 11.4. The van der Waals surface area contributed by atoms with Gasteiger partial charge in [-0.1, -0.05) is 13.8 Å². The molecule has 1 aliphatic rings. The molecule has 0 radical (unpaired) electrons. The average Bonchev–Trinajstić information content (AvgIpc) is 2.04. The Morgan fingerprint density at radius 1 is 1.38 bits per heavy atom. The summed E-state index contributed by atoms with van der Waals surface area (Å²) in [6, 6.07) is 0. The molecule has 0 spiro atoms. The van der Waals surface area contributed by atoms with E-state index >= 15 is 0 Å². The summed E-state index contributed by atoms with van der Waals surface area (Å²) in [5.41, 5.74) is 0.168. The maximum Gasteiger partial charge on any atom is 0.130 e. The van der Waals surface area contributed by atoms with Gasteiger partial charge in [-0.2, -0.15) is 0 Å². The quantitative estimate of drug-likeness (QED) is 0.724. The summed E-state index contributed by atoms with van der Waals surface area (Å²) in [4.78, 5) is 11.1. The lowest BCUT2D eigenvalue weighted by Gasteiger charge is -2.35. The van der Waals surface area contributed by atoms with Crippen molar-refractivity contribution >= 4 is 29.3 Å². The number of hydrogen-bond donors (Lipinski definition) is 0. The molecule has 0 saturated carbocycles. The molecule has 1 saturated heterocycles. The Morgan fingerprint density at radius 3 is 2.38 bits per heavy atom. The van der Waals surface area contributed by atoms with E-state index in [2.05, 4.69) is 13.8 Å². The molecule has 0 atom stereocenters. The van der Waals surface area contributed by atoms with Gasteiger partial charge < -0.3 is 4.79 Å². The molecule has 0 N–H and O–H groups in total. The summed E-state index contributed by atoms with van der Waals surface area (Å²) in [7, 11) is 0. The van der Waals surface area contributed by atoms with Crippen LogP contribution in [0.3, 0.4) is 0 Å². The molecule has 0 amide bonds. The van der Waals surface area contributed by atoms with Gasteiger partial charge >= 0.3 is 0 Å². The van der Waals surface area contributed by atoms with Crippen molar-refractivity contribution in [1.29, 1.82) is 0 Å². The van der Waals surface area contributed by atoms with E-state index in [1.54, 1.807) is 6.92 Å². The first-order chi connectivity index (χ1) is 6.02. The first-order valence-corrected chi connectivity index (χ1v) is 6.85. The van der Waals surface area contributed by atoms with Crippen LogP contribution in [0.4, 0.5) is 0 Å². The van der Waals surface area contributed by atoms with Crippen molar-refractivity contribution in [3.63, 3.8) is 0 Å². The fourth-order valence-electron chi connectivity index (χ4n) is 1.66. The first-order valence-electron chi connectivity index (χ1n) is 4.75. The van der Waals surface area contributed by atoms with Crippen molar-refractivity contribution in [2.45, 2.75) is 38.2 Å². The Balaban J connectivity index is 2.50. The van der Waals surface area contributed by atoms with Gasteiger partial charge in [0.15, 0.2) is 0 Å². The number of thioether (sulfide) groups is 2. The lowest BCUT2D eigenvalue weighted by atomic mass is 9.90. The number of rotatable bonds is 3. The SMILES string of the molecule is CC(=O)CC(C)(C)C1SCCCS1. The van der Waals surface area contributed by atoms with Gasteiger partial charge in [-0.05, 0) is 30.3 Å². The van der Waals surface area contributed by atoms with Crippen molar-refractivity contribution in [2.75, 3.05) is 11.5 Å². The van der Waals surface area contributed by atoms with Crippen molar-refractivity contribution in [1.82, 2.24) is 0 Å². The van der Waals surface area contributed by atoms with E-state index in [4.69, 9.17) is 0 Å². The zero-order chi connectivity index (χ0) is 9.90. The Labute approximate surface area is 89.4 Å². The lowest BCUT2D eigenvalue weighted by molar-refractivity contribution is -0.118. The second kappa shape index (κ2) is 4.74. The van der Waals surface area contributed by atoms with Crippen molar-refractivity contribution in [2.24, 2.45) is 5.41 Å². The predicted octanol–water partition coefficient (Wildman–Crippen LogP) is 3.19. The van der Waals surface area contributed by atoms with Gasteiger partial charge in [0.1, 0.15) is 5.78 Å². The van der Waals surface area contributed by atoms with E-state index in [0.717, 1.165) is 6.42 Å². The molecule has 0 unspecified atom stereocenters. The number of ketones is 1. The van der Waals surface area contributed by atoms with Crippen molar-refractivity contribution < 1.29 is 4.79 Å².